The van der Waals surface area contributed by atoms with Gasteiger partial charge in [-0.3, -0.25) is 19.7 Å². The van der Waals surface area contributed by atoms with Gasteiger partial charge in [-0.1, -0.05) is 0 Å². The molecule has 3 rings (SSSR count). The molecule has 0 bridgehead atoms. The number of carbonyl (C=O) groups is 4. The molecule has 0 radical (unpaired) electrons. The summed E-state index contributed by atoms with van der Waals surface area (Å²) < 4.78 is 5.23. The zero-order valence-electron chi connectivity index (χ0n) is 20.6. The fourth-order valence-electron chi connectivity index (χ4n) is 3.74. The fourth-order valence-corrected chi connectivity index (χ4v) is 4.84. The second-order valence-electron chi connectivity index (χ2n) is 9.26. The van der Waals surface area contributed by atoms with Crippen LogP contribution in [0.15, 0.2) is 24.4 Å². The minimum absolute atomic E-state index is 0.180. The van der Waals surface area contributed by atoms with Crippen LogP contribution < -0.4 is 16.0 Å². The Bertz CT molecular complexity index is 1120. The van der Waals surface area contributed by atoms with Gasteiger partial charge < -0.3 is 20.3 Å². The molecule has 3 N–H and O–H groups in total. The molecule has 1 aliphatic heterocycles. The van der Waals surface area contributed by atoms with E-state index in [9.17, 15) is 19.2 Å². The van der Waals surface area contributed by atoms with E-state index in [1.165, 1.54) is 17.5 Å². The van der Waals surface area contributed by atoms with Crippen molar-refractivity contribution in [1.29, 1.82) is 0 Å². The molecule has 2 aromatic heterocycles. The highest BCUT2D eigenvalue weighted by Gasteiger charge is 2.33. The molecule has 11 heteroatoms. The number of aryl methyl sites for hydroxylation is 1. The van der Waals surface area contributed by atoms with Crippen LogP contribution in [0.5, 0.6) is 0 Å². The maximum atomic E-state index is 13.1. The van der Waals surface area contributed by atoms with Crippen LogP contribution in [0.25, 0.3) is 0 Å². The number of piperidine rings is 1. The van der Waals surface area contributed by atoms with Gasteiger partial charge in [0.1, 0.15) is 11.4 Å². The van der Waals surface area contributed by atoms with Crippen LogP contribution in [0.3, 0.4) is 0 Å². The van der Waals surface area contributed by atoms with Crippen LogP contribution in [0.2, 0.25) is 0 Å². The summed E-state index contributed by atoms with van der Waals surface area (Å²) in [6.45, 7) is 7.46. The normalized spacial score (nSPS) is 15.8. The summed E-state index contributed by atoms with van der Waals surface area (Å²) in [7, 11) is 1.57. The number of ether oxygens (including phenoxy) is 1. The largest absolute Gasteiger partial charge is 0.444 e. The summed E-state index contributed by atoms with van der Waals surface area (Å²) in [5.41, 5.74) is 0.283. The number of aromatic nitrogens is 1. The fraction of sp³-hybridized carbons (Fsp3) is 0.458. The Balaban J connectivity index is 1.68. The topological polar surface area (TPSA) is 130 Å². The molecule has 10 nitrogen and oxygen atoms in total. The van der Waals surface area contributed by atoms with Crippen LogP contribution in [0.4, 0.5) is 16.3 Å². The number of amides is 4. The van der Waals surface area contributed by atoms with Crippen LogP contribution in [0.1, 0.15) is 66.2 Å². The minimum Gasteiger partial charge on any atom is -0.444 e. The second-order valence-corrected chi connectivity index (χ2v) is 10.4. The van der Waals surface area contributed by atoms with Crippen molar-refractivity contribution < 1.29 is 23.9 Å². The minimum atomic E-state index is -0.769. The number of pyridine rings is 1. The molecule has 4 amide bonds. The van der Waals surface area contributed by atoms with Crippen LogP contribution in [-0.2, 0) is 14.3 Å². The van der Waals surface area contributed by atoms with Gasteiger partial charge in [-0.15, -0.1) is 11.3 Å². The Labute approximate surface area is 208 Å². The van der Waals surface area contributed by atoms with Crippen molar-refractivity contribution in [3.8, 4) is 0 Å². The Morgan fingerprint density at radius 3 is 2.54 bits per heavy atom. The molecule has 0 saturated carbocycles. The molecule has 188 valence electrons. The number of hydrogen-bond acceptors (Lipinski definition) is 7. The summed E-state index contributed by atoms with van der Waals surface area (Å²) in [6, 6.07) is 4.93. The zero-order chi connectivity index (χ0) is 25.8. The Hall–Kier alpha value is -3.47. The first-order valence-corrected chi connectivity index (χ1v) is 12.2. The smallest absolute Gasteiger partial charge is 0.413 e. The number of nitrogens with zero attached hydrogens (tertiary/aromatic N) is 2. The number of nitrogens with one attached hydrogen (secondary N) is 3. The standard InChI is InChI=1S/C24H31N5O5S/c1-14-12-15(13-26-19(14)28-23(33)34-24(2,3)4)27-21(31)22(32)29-11-7-6-8-16(29)17-9-10-18(35-17)20(30)25-5/h9-10,12-13,16H,6-8,11H2,1-5H3,(H,25,30)(H,27,31)(H,26,28,33)/t16-/m0/s1. The lowest BCUT2D eigenvalue weighted by atomic mass is 10.0. The van der Waals surface area contributed by atoms with Crippen molar-refractivity contribution in [3.05, 3.63) is 39.7 Å². The zero-order valence-corrected chi connectivity index (χ0v) is 21.4. The molecule has 1 atom stereocenters. The quantitative estimate of drug-likeness (QED) is 0.546. The molecule has 1 aliphatic rings. The molecule has 0 unspecified atom stereocenters. The summed E-state index contributed by atoms with van der Waals surface area (Å²) in [5, 5.41) is 7.77. The van der Waals surface area contributed by atoms with E-state index in [-0.39, 0.29) is 11.9 Å². The van der Waals surface area contributed by atoms with Crippen molar-refractivity contribution in [2.45, 2.75) is 58.6 Å². The molecule has 1 fully saturated rings. The molecular formula is C24H31N5O5S. The van der Waals surface area contributed by atoms with Crippen LogP contribution in [0, 0.1) is 6.92 Å². The number of hydrogen-bond donors (Lipinski definition) is 3. The van der Waals surface area contributed by atoms with Crippen molar-refractivity contribution in [2.75, 3.05) is 24.2 Å². The van der Waals surface area contributed by atoms with Gasteiger partial charge in [0.05, 0.1) is 22.8 Å². The van der Waals surface area contributed by atoms with E-state index >= 15 is 0 Å². The lowest BCUT2D eigenvalue weighted by Gasteiger charge is -2.34. The predicted octanol–water partition coefficient (Wildman–Crippen LogP) is 3.85. The highest BCUT2D eigenvalue weighted by molar-refractivity contribution is 7.14. The lowest BCUT2D eigenvalue weighted by molar-refractivity contribution is -0.145. The third kappa shape index (κ3) is 6.78. The molecule has 3 heterocycles. The number of carbonyl (C=O) groups excluding carboxylic acids is 4. The molecule has 1 saturated heterocycles. The van der Waals surface area contributed by atoms with E-state index in [0.29, 0.717) is 28.5 Å². The van der Waals surface area contributed by atoms with Gasteiger partial charge in [0.15, 0.2) is 0 Å². The Morgan fingerprint density at radius 1 is 1.14 bits per heavy atom. The van der Waals surface area contributed by atoms with Gasteiger partial charge >= 0.3 is 17.9 Å². The van der Waals surface area contributed by atoms with Gasteiger partial charge in [-0.2, -0.15) is 0 Å². The summed E-state index contributed by atoms with van der Waals surface area (Å²) in [5.74, 6) is -1.29. The Kier molecular flexibility index (Phi) is 8.11. The maximum Gasteiger partial charge on any atom is 0.413 e. The third-order valence-corrected chi connectivity index (χ3v) is 6.50. The van der Waals surface area contributed by atoms with E-state index < -0.39 is 23.5 Å². The lowest BCUT2D eigenvalue weighted by Crippen LogP contribution is -2.44. The first kappa shape index (κ1) is 26.1. The third-order valence-electron chi connectivity index (χ3n) is 5.32. The SMILES string of the molecule is CNC(=O)c1ccc([C@@H]2CCCCN2C(=O)C(=O)Nc2cnc(NC(=O)OC(C)(C)C)c(C)c2)s1. The van der Waals surface area contributed by atoms with Crippen molar-refractivity contribution >= 4 is 46.7 Å². The molecule has 35 heavy (non-hydrogen) atoms. The second kappa shape index (κ2) is 10.9. The summed E-state index contributed by atoms with van der Waals surface area (Å²) >= 11 is 1.33. The number of thiophene rings is 1. The van der Waals surface area contributed by atoms with Gasteiger partial charge in [0.2, 0.25) is 0 Å². The summed E-state index contributed by atoms with van der Waals surface area (Å²) in [4.78, 5) is 57.0. The van der Waals surface area contributed by atoms with E-state index in [4.69, 9.17) is 4.74 Å². The van der Waals surface area contributed by atoms with Crippen LogP contribution >= 0.6 is 11.3 Å². The van der Waals surface area contributed by atoms with Crippen molar-refractivity contribution in [3.63, 3.8) is 0 Å². The number of rotatable bonds is 4. The first-order valence-electron chi connectivity index (χ1n) is 11.4. The average Bonchev–Trinajstić information content (AvgIpc) is 3.29. The molecule has 0 aromatic carbocycles. The van der Waals surface area contributed by atoms with Gasteiger partial charge in [-0.25, -0.2) is 9.78 Å². The van der Waals surface area contributed by atoms with Crippen LogP contribution in [-0.4, -0.2) is 52.9 Å². The highest BCUT2D eigenvalue weighted by atomic mass is 32.1. The summed E-state index contributed by atoms with van der Waals surface area (Å²) in [6.07, 6.45) is 3.18. The predicted molar refractivity (Wildman–Crippen MR) is 133 cm³/mol. The number of likely N-dealkylation sites (tertiary alicyclic amines) is 1. The van der Waals surface area contributed by atoms with Crippen molar-refractivity contribution in [2.24, 2.45) is 0 Å². The molecule has 2 aromatic rings. The molecule has 0 spiro atoms. The first-order chi connectivity index (χ1) is 16.5. The highest BCUT2D eigenvalue weighted by Crippen LogP contribution is 2.35. The van der Waals surface area contributed by atoms with Gasteiger partial charge in [0.25, 0.3) is 5.91 Å². The van der Waals surface area contributed by atoms with E-state index in [2.05, 4.69) is 20.9 Å². The van der Waals surface area contributed by atoms with E-state index in [1.807, 2.05) is 6.07 Å². The van der Waals surface area contributed by atoms with E-state index in [0.717, 1.165) is 24.1 Å². The van der Waals surface area contributed by atoms with Gasteiger partial charge in [0, 0.05) is 18.5 Å². The number of anilines is 2. The Morgan fingerprint density at radius 2 is 1.89 bits per heavy atom. The maximum absolute atomic E-state index is 13.1. The monoisotopic (exact) mass is 501 g/mol. The van der Waals surface area contributed by atoms with Gasteiger partial charge in [-0.05, 0) is 70.7 Å². The van der Waals surface area contributed by atoms with E-state index in [1.54, 1.807) is 51.8 Å². The molecule has 0 aliphatic carbocycles. The van der Waals surface area contributed by atoms with Crippen molar-refractivity contribution in [1.82, 2.24) is 15.2 Å². The molecular weight excluding hydrogens is 470 g/mol. The average molecular weight is 502 g/mol.